The van der Waals surface area contributed by atoms with E-state index in [1.807, 2.05) is 48.5 Å². The summed E-state index contributed by atoms with van der Waals surface area (Å²) in [6.07, 6.45) is 0.985. The Bertz CT molecular complexity index is 772. The SMILES string of the molecule is CCc1ccc(OCC(=O)NC[C@@H](c2ccc(Cl)cc2)N2CCN(C)CC2)cc1. The number of rotatable bonds is 8. The number of piperazine rings is 1. The van der Waals surface area contributed by atoms with E-state index in [-0.39, 0.29) is 18.6 Å². The van der Waals surface area contributed by atoms with Crippen molar-refractivity contribution in [2.45, 2.75) is 19.4 Å². The fourth-order valence-corrected chi connectivity index (χ4v) is 3.63. The van der Waals surface area contributed by atoms with Crippen LogP contribution in [0.5, 0.6) is 5.75 Å². The molecule has 1 aliphatic heterocycles. The number of halogens is 1. The van der Waals surface area contributed by atoms with E-state index in [4.69, 9.17) is 16.3 Å². The topological polar surface area (TPSA) is 44.8 Å². The highest BCUT2D eigenvalue weighted by molar-refractivity contribution is 6.30. The number of likely N-dealkylation sites (N-methyl/N-ethyl adjacent to an activating group) is 1. The summed E-state index contributed by atoms with van der Waals surface area (Å²) in [5, 5.41) is 3.76. The van der Waals surface area contributed by atoms with E-state index in [1.54, 1.807) is 0 Å². The van der Waals surface area contributed by atoms with Crippen LogP contribution in [0, 0.1) is 0 Å². The highest BCUT2D eigenvalue weighted by atomic mass is 35.5. The average molecular weight is 416 g/mol. The van der Waals surface area contributed by atoms with Gasteiger partial charge in [0.25, 0.3) is 5.91 Å². The number of aryl methyl sites for hydroxylation is 1. The molecule has 3 rings (SSSR count). The molecule has 2 aromatic rings. The molecule has 1 fully saturated rings. The van der Waals surface area contributed by atoms with Crippen LogP contribution in [0.15, 0.2) is 48.5 Å². The van der Waals surface area contributed by atoms with Gasteiger partial charge in [0, 0.05) is 37.7 Å². The summed E-state index contributed by atoms with van der Waals surface area (Å²) in [5.74, 6) is 0.600. The van der Waals surface area contributed by atoms with Gasteiger partial charge in [0.1, 0.15) is 5.75 Å². The lowest BCUT2D eigenvalue weighted by Gasteiger charge is -2.38. The van der Waals surface area contributed by atoms with Crippen LogP contribution < -0.4 is 10.1 Å². The Morgan fingerprint density at radius 2 is 1.72 bits per heavy atom. The number of nitrogens with zero attached hydrogens (tertiary/aromatic N) is 2. The molecular weight excluding hydrogens is 386 g/mol. The maximum Gasteiger partial charge on any atom is 0.258 e. The molecule has 156 valence electrons. The van der Waals surface area contributed by atoms with Crippen molar-refractivity contribution in [1.82, 2.24) is 15.1 Å². The molecule has 1 saturated heterocycles. The van der Waals surface area contributed by atoms with E-state index in [1.165, 1.54) is 5.56 Å². The normalized spacial score (nSPS) is 16.4. The lowest BCUT2D eigenvalue weighted by Crippen LogP contribution is -2.48. The van der Waals surface area contributed by atoms with Crippen molar-refractivity contribution < 1.29 is 9.53 Å². The molecule has 0 bridgehead atoms. The van der Waals surface area contributed by atoms with Crippen LogP contribution in [0.1, 0.15) is 24.1 Å². The Morgan fingerprint density at radius 3 is 2.34 bits per heavy atom. The standard InChI is InChI=1S/C23H30ClN3O2/c1-3-18-4-10-21(11-5-18)29-17-23(28)25-16-22(19-6-8-20(24)9-7-19)27-14-12-26(2)13-15-27/h4-11,22H,3,12-17H2,1-2H3,(H,25,28)/t22-/m0/s1. The first kappa shape index (κ1) is 21.6. The van der Waals surface area contributed by atoms with Crippen LogP contribution in [0.2, 0.25) is 5.02 Å². The van der Waals surface area contributed by atoms with Gasteiger partial charge in [-0.3, -0.25) is 9.69 Å². The maximum absolute atomic E-state index is 12.4. The van der Waals surface area contributed by atoms with Crippen LogP contribution >= 0.6 is 11.6 Å². The Morgan fingerprint density at radius 1 is 1.07 bits per heavy atom. The summed E-state index contributed by atoms with van der Waals surface area (Å²) in [5.41, 5.74) is 2.41. The van der Waals surface area contributed by atoms with E-state index < -0.39 is 0 Å². The Balaban J connectivity index is 1.56. The van der Waals surface area contributed by atoms with Gasteiger partial charge in [0.05, 0.1) is 6.04 Å². The van der Waals surface area contributed by atoms with E-state index in [0.717, 1.165) is 43.2 Å². The van der Waals surface area contributed by atoms with Crippen molar-refractivity contribution in [3.8, 4) is 5.75 Å². The maximum atomic E-state index is 12.4. The number of nitrogens with one attached hydrogen (secondary N) is 1. The molecule has 0 unspecified atom stereocenters. The van der Waals surface area contributed by atoms with Crippen molar-refractivity contribution >= 4 is 17.5 Å². The van der Waals surface area contributed by atoms with Gasteiger partial charge in [0.2, 0.25) is 0 Å². The fraction of sp³-hybridized carbons (Fsp3) is 0.435. The predicted octanol–water partition coefficient (Wildman–Crippen LogP) is 3.39. The number of hydrogen-bond donors (Lipinski definition) is 1. The first-order chi connectivity index (χ1) is 14.0. The molecule has 29 heavy (non-hydrogen) atoms. The predicted molar refractivity (Wildman–Crippen MR) is 118 cm³/mol. The van der Waals surface area contributed by atoms with Crippen molar-refractivity contribution in [2.75, 3.05) is 46.4 Å². The minimum absolute atomic E-state index is 0.0154. The zero-order valence-electron chi connectivity index (χ0n) is 17.2. The summed E-state index contributed by atoms with van der Waals surface area (Å²) < 4.78 is 5.63. The third-order valence-corrected chi connectivity index (χ3v) is 5.68. The van der Waals surface area contributed by atoms with Crippen molar-refractivity contribution in [2.24, 2.45) is 0 Å². The molecule has 0 aromatic heterocycles. The van der Waals surface area contributed by atoms with Crippen LogP contribution in [0.4, 0.5) is 0 Å². The van der Waals surface area contributed by atoms with Crippen molar-refractivity contribution in [3.05, 3.63) is 64.7 Å². The lowest BCUT2D eigenvalue weighted by atomic mass is 10.0. The molecule has 1 atom stereocenters. The van der Waals surface area contributed by atoms with Gasteiger partial charge >= 0.3 is 0 Å². The monoisotopic (exact) mass is 415 g/mol. The molecule has 2 aromatic carbocycles. The quantitative estimate of drug-likeness (QED) is 0.717. The average Bonchev–Trinajstić information content (AvgIpc) is 2.75. The third-order valence-electron chi connectivity index (χ3n) is 5.43. The van der Waals surface area contributed by atoms with Crippen molar-refractivity contribution in [3.63, 3.8) is 0 Å². The highest BCUT2D eigenvalue weighted by Crippen LogP contribution is 2.23. The second kappa shape index (κ2) is 10.6. The molecule has 1 N–H and O–H groups in total. The Hall–Kier alpha value is -2.08. The molecule has 1 amide bonds. The molecule has 0 aliphatic carbocycles. The fourth-order valence-electron chi connectivity index (χ4n) is 3.51. The van der Waals surface area contributed by atoms with E-state index in [9.17, 15) is 4.79 Å². The molecule has 0 saturated carbocycles. The van der Waals surface area contributed by atoms with Gasteiger partial charge in [0.15, 0.2) is 6.61 Å². The molecule has 0 spiro atoms. The van der Waals surface area contributed by atoms with E-state index in [2.05, 4.69) is 29.1 Å². The summed E-state index contributed by atoms with van der Waals surface area (Å²) in [6, 6.07) is 15.9. The summed E-state index contributed by atoms with van der Waals surface area (Å²) in [7, 11) is 2.14. The summed E-state index contributed by atoms with van der Waals surface area (Å²) >= 11 is 6.06. The summed E-state index contributed by atoms with van der Waals surface area (Å²) in [4.78, 5) is 17.1. The van der Waals surface area contributed by atoms with Gasteiger partial charge in [-0.25, -0.2) is 0 Å². The van der Waals surface area contributed by atoms with Gasteiger partial charge in [-0.1, -0.05) is 42.8 Å². The van der Waals surface area contributed by atoms with Gasteiger partial charge in [-0.2, -0.15) is 0 Å². The molecular formula is C23H30ClN3O2. The summed E-state index contributed by atoms with van der Waals surface area (Å²) in [6.45, 7) is 6.66. The van der Waals surface area contributed by atoms with Gasteiger partial charge in [-0.15, -0.1) is 0 Å². The number of carbonyl (C=O) groups is 1. The molecule has 1 aliphatic rings. The van der Waals surface area contributed by atoms with Crippen molar-refractivity contribution in [1.29, 1.82) is 0 Å². The molecule has 6 heteroatoms. The number of benzene rings is 2. The number of carbonyl (C=O) groups excluding carboxylic acids is 1. The zero-order valence-corrected chi connectivity index (χ0v) is 18.0. The van der Waals surface area contributed by atoms with Gasteiger partial charge in [-0.05, 0) is 48.9 Å². The minimum atomic E-state index is -0.113. The Kier molecular flexibility index (Phi) is 7.92. The van der Waals surface area contributed by atoms with E-state index in [0.29, 0.717) is 12.3 Å². The second-order valence-electron chi connectivity index (χ2n) is 7.50. The second-order valence-corrected chi connectivity index (χ2v) is 7.93. The number of hydrogen-bond acceptors (Lipinski definition) is 4. The largest absolute Gasteiger partial charge is 0.484 e. The number of amides is 1. The number of ether oxygens (including phenoxy) is 1. The lowest BCUT2D eigenvalue weighted by molar-refractivity contribution is -0.123. The zero-order chi connectivity index (χ0) is 20.6. The molecule has 1 heterocycles. The first-order valence-electron chi connectivity index (χ1n) is 10.2. The van der Waals surface area contributed by atoms with Crippen LogP contribution in [-0.2, 0) is 11.2 Å². The minimum Gasteiger partial charge on any atom is -0.484 e. The highest BCUT2D eigenvalue weighted by Gasteiger charge is 2.24. The van der Waals surface area contributed by atoms with Crippen LogP contribution in [0.25, 0.3) is 0 Å². The van der Waals surface area contributed by atoms with Gasteiger partial charge < -0.3 is 15.0 Å². The Labute approximate surface area is 178 Å². The molecule has 5 nitrogen and oxygen atoms in total. The van der Waals surface area contributed by atoms with E-state index >= 15 is 0 Å². The third kappa shape index (κ3) is 6.46. The van der Waals surface area contributed by atoms with Crippen LogP contribution in [0.3, 0.4) is 0 Å². The smallest absolute Gasteiger partial charge is 0.258 e. The first-order valence-corrected chi connectivity index (χ1v) is 10.6. The molecule has 0 radical (unpaired) electrons. The van der Waals surface area contributed by atoms with Crippen LogP contribution in [-0.4, -0.2) is 62.1 Å².